The maximum atomic E-state index is 12.6. The molecule has 1 amide bonds. The number of hydrogen-bond acceptors (Lipinski definition) is 3. The highest BCUT2D eigenvalue weighted by molar-refractivity contribution is 7.99. The van der Waals surface area contributed by atoms with Crippen molar-refractivity contribution in [2.24, 2.45) is 0 Å². The molecule has 0 saturated carbocycles. The summed E-state index contributed by atoms with van der Waals surface area (Å²) in [6.07, 6.45) is 0. The highest BCUT2D eigenvalue weighted by Gasteiger charge is 2.13. The largest absolute Gasteiger partial charge is 0.321 e. The molecule has 0 aliphatic rings. The number of hydrogen-bond donors (Lipinski definition) is 1. The fourth-order valence-electron chi connectivity index (χ4n) is 2.25. The van der Waals surface area contributed by atoms with Gasteiger partial charge in [-0.1, -0.05) is 47.1 Å². The zero-order valence-corrected chi connectivity index (χ0v) is 15.7. The number of amides is 1. The van der Waals surface area contributed by atoms with E-state index in [0.29, 0.717) is 26.9 Å². The lowest BCUT2D eigenvalue weighted by Gasteiger charge is -2.12. The molecular formula is C20H12Cl2N2OS. The molecule has 128 valence electrons. The number of nitrogens with zero attached hydrogens (tertiary/aromatic N) is 1. The highest BCUT2D eigenvalue weighted by atomic mass is 35.5. The number of halogens is 2. The molecule has 0 heterocycles. The Kier molecular flexibility index (Phi) is 5.85. The average molecular weight is 399 g/mol. The molecule has 0 spiro atoms. The molecule has 1 N–H and O–H groups in total. The van der Waals surface area contributed by atoms with E-state index in [4.69, 9.17) is 28.5 Å². The van der Waals surface area contributed by atoms with Crippen LogP contribution in [0.1, 0.15) is 15.9 Å². The van der Waals surface area contributed by atoms with Crippen LogP contribution in [0.2, 0.25) is 10.0 Å². The Balaban J connectivity index is 1.92. The fraction of sp³-hybridized carbons (Fsp3) is 0. The van der Waals surface area contributed by atoms with Crippen molar-refractivity contribution < 1.29 is 4.79 Å². The maximum Gasteiger partial charge on any atom is 0.257 e. The van der Waals surface area contributed by atoms with E-state index < -0.39 is 0 Å². The number of carbonyl (C=O) groups is 1. The molecule has 0 fully saturated rings. The van der Waals surface area contributed by atoms with Gasteiger partial charge in [0.15, 0.2) is 0 Å². The maximum absolute atomic E-state index is 12.6. The van der Waals surface area contributed by atoms with E-state index in [1.165, 1.54) is 11.8 Å². The Morgan fingerprint density at radius 1 is 1.00 bits per heavy atom. The summed E-state index contributed by atoms with van der Waals surface area (Å²) in [5, 5.41) is 13.0. The lowest BCUT2D eigenvalue weighted by molar-refractivity contribution is 0.102. The standard InChI is InChI=1S/C20H12Cl2N2OS/c21-14-6-8-15(9-7-14)26-19-10-5-13(12-23)11-18(19)24-20(25)16-3-1-2-4-17(16)22/h1-11H,(H,24,25). The van der Waals surface area contributed by atoms with Gasteiger partial charge in [-0.2, -0.15) is 5.26 Å². The van der Waals surface area contributed by atoms with Crippen molar-refractivity contribution in [1.82, 2.24) is 0 Å². The van der Waals surface area contributed by atoms with Crippen LogP contribution in [0.25, 0.3) is 0 Å². The zero-order chi connectivity index (χ0) is 18.5. The van der Waals surface area contributed by atoms with E-state index in [2.05, 4.69) is 11.4 Å². The van der Waals surface area contributed by atoms with Crippen LogP contribution in [-0.4, -0.2) is 5.91 Å². The Bertz CT molecular complexity index is 997. The number of rotatable bonds is 4. The van der Waals surface area contributed by atoms with Crippen LogP contribution in [0, 0.1) is 11.3 Å². The smallest absolute Gasteiger partial charge is 0.257 e. The summed E-state index contributed by atoms with van der Waals surface area (Å²) < 4.78 is 0. The SMILES string of the molecule is N#Cc1ccc(Sc2ccc(Cl)cc2)c(NC(=O)c2ccccc2Cl)c1. The molecule has 0 aromatic heterocycles. The van der Waals surface area contributed by atoms with Crippen LogP contribution in [0.4, 0.5) is 5.69 Å². The molecule has 0 atom stereocenters. The molecule has 3 rings (SSSR count). The first kappa shape index (κ1) is 18.3. The lowest BCUT2D eigenvalue weighted by Crippen LogP contribution is -2.13. The summed E-state index contributed by atoms with van der Waals surface area (Å²) in [6.45, 7) is 0. The summed E-state index contributed by atoms with van der Waals surface area (Å²) in [6, 6.07) is 21.5. The Morgan fingerprint density at radius 2 is 1.73 bits per heavy atom. The van der Waals surface area contributed by atoms with Gasteiger partial charge in [0.2, 0.25) is 0 Å². The van der Waals surface area contributed by atoms with Crippen LogP contribution in [0.5, 0.6) is 0 Å². The Morgan fingerprint density at radius 3 is 2.42 bits per heavy atom. The molecule has 6 heteroatoms. The summed E-state index contributed by atoms with van der Waals surface area (Å²) in [5.41, 5.74) is 1.38. The van der Waals surface area contributed by atoms with Crippen LogP contribution < -0.4 is 5.32 Å². The van der Waals surface area contributed by atoms with Crippen molar-refractivity contribution in [3.05, 3.63) is 87.9 Å². The first-order valence-corrected chi connectivity index (χ1v) is 9.17. The summed E-state index contributed by atoms with van der Waals surface area (Å²) in [5.74, 6) is -0.330. The van der Waals surface area contributed by atoms with Crippen LogP contribution in [-0.2, 0) is 0 Å². The van der Waals surface area contributed by atoms with E-state index >= 15 is 0 Å². The molecule has 3 aromatic rings. The second kappa shape index (κ2) is 8.29. The van der Waals surface area contributed by atoms with Gasteiger partial charge in [0.25, 0.3) is 5.91 Å². The van der Waals surface area contributed by atoms with E-state index in [1.807, 2.05) is 12.1 Å². The molecule has 0 aliphatic heterocycles. The van der Waals surface area contributed by atoms with Crippen molar-refractivity contribution in [2.45, 2.75) is 9.79 Å². The van der Waals surface area contributed by atoms with Gasteiger partial charge in [-0.25, -0.2) is 0 Å². The van der Waals surface area contributed by atoms with Gasteiger partial charge in [0.05, 0.1) is 27.9 Å². The molecule has 0 radical (unpaired) electrons. The topological polar surface area (TPSA) is 52.9 Å². The molecule has 26 heavy (non-hydrogen) atoms. The number of nitriles is 1. The number of anilines is 1. The minimum absolute atomic E-state index is 0.330. The van der Waals surface area contributed by atoms with Gasteiger partial charge in [0, 0.05) is 14.8 Å². The second-order valence-corrected chi connectivity index (χ2v) is 7.27. The third kappa shape index (κ3) is 4.39. The fourth-order valence-corrected chi connectivity index (χ4v) is 3.48. The second-order valence-electron chi connectivity index (χ2n) is 5.31. The van der Waals surface area contributed by atoms with Crippen molar-refractivity contribution >= 4 is 46.6 Å². The van der Waals surface area contributed by atoms with Gasteiger partial charge < -0.3 is 5.32 Å². The monoisotopic (exact) mass is 398 g/mol. The first-order chi connectivity index (χ1) is 12.6. The molecule has 0 aliphatic carbocycles. The molecule has 3 nitrogen and oxygen atoms in total. The summed E-state index contributed by atoms with van der Waals surface area (Å²) in [7, 11) is 0. The lowest BCUT2D eigenvalue weighted by atomic mass is 10.2. The van der Waals surface area contributed by atoms with E-state index in [0.717, 1.165) is 9.79 Å². The quantitative estimate of drug-likeness (QED) is 0.563. The van der Waals surface area contributed by atoms with Crippen molar-refractivity contribution in [3.63, 3.8) is 0 Å². The molecule has 3 aromatic carbocycles. The molecule has 0 bridgehead atoms. The van der Waals surface area contributed by atoms with E-state index in [1.54, 1.807) is 54.6 Å². The number of nitrogens with one attached hydrogen (secondary N) is 1. The van der Waals surface area contributed by atoms with Crippen LogP contribution >= 0.6 is 35.0 Å². The van der Waals surface area contributed by atoms with Crippen LogP contribution in [0.15, 0.2) is 76.5 Å². The van der Waals surface area contributed by atoms with Crippen LogP contribution in [0.3, 0.4) is 0 Å². The first-order valence-electron chi connectivity index (χ1n) is 7.60. The van der Waals surface area contributed by atoms with Gasteiger partial charge in [-0.15, -0.1) is 0 Å². The van der Waals surface area contributed by atoms with E-state index in [9.17, 15) is 4.79 Å². The van der Waals surface area contributed by atoms with Crippen molar-refractivity contribution in [2.75, 3.05) is 5.32 Å². The summed E-state index contributed by atoms with van der Waals surface area (Å²) >= 11 is 13.5. The summed E-state index contributed by atoms with van der Waals surface area (Å²) in [4.78, 5) is 14.4. The normalized spacial score (nSPS) is 10.2. The Hall–Kier alpha value is -2.45. The predicted octanol–water partition coefficient (Wildman–Crippen LogP) is 6.27. The highest BCUT2D eigenvalue weighted by Crippen LogP contribution is 2.35. The van der Waals surface area contributed by atoms with Crippen molar-refractivity contribution in [3.8, 4) is 6.07 Å². The van der Waals surface area contributed by atoms with Gasteiger partial charge in [-0.3, -0.25) is 4.79 Å². The molecule has 0 unspecified atom stereocenters. The molecule has 0 saturated heterocycles. The number of carbonyl (C=O) groups excluding carboxylic acids is 1. The predicted molar refractivity (Wildman–Crippen MR) is 106 cm³/mol. The third-order valence-corrected chi connectivity index (χ3v) is 5.18. The minimum Gasteiger partial charge on any atom is -0.321 e. The Labute approximate surface area is 165 Å². The van der Waals surface area contributed by atoms with Gasteiger partial charge in [0.1, 0.15) is 0 Å². The number of benzene rings is 3. The van der Waals surface area contributed by atoms with E-state index in [-0.39, 0.29) is 5.91 Å². The van der Waals surface area contributed by atoms with Gasteiger partial charge in [-0.05, 0) is 54.6 Å². The zero-order valence-electron chi connectivity index (χ0n) is 13.4. The third-order valence-electron chi connectivity index (χ3n) is 3.52. The minimum atomic E-state index is -0.330. The van der Waals surface area contributed by atoms with Crippen molar-refractivity contribution in [1.29, 1.82) is 5.26 Å². The van der Waals surface area contributed by atoms with Gasteiger partial charge >= 0.3 is 0 Å². The average Bonchev–Trinajstić information content (AvgIpc) is 2.65. The molecular weight excluding hydrogens is 387 g/mol.